The Morgan fingerprint density at radius 3 is 2.37 bits per heavy atom. The van der Waals surface area contributed by atoms with Crippen molar-refractivity contribution in [1.82, 2.24) is 0 Å². The van der Waals surface area contributed by atoms with E-state index in [1.54, 1.807) is 0 Å². The largest absolute Gasteiger partial charge is 0.478 e. The van der Waals surface area contributed by atoms with Gasteiger partial charge >= 0.3 is 5.97 Å². The van der Waals surface area contributed by atoms with Gasteiger partial charge in [-0.3, -0.25) is 4.72 Å². The number of hydrogen-bond acceptors (Lipinski definition) is 5. The molecule has 2 N–H and O–H groups in total. The number of carboxylic acid groups (broad SMARTS) is 1. The van der Waals surface area contributed by atoms with Gasteiger partial charge in [0.15, 0.2) is 14.9 Å². The maximum absolute atomic E-state index is 11.6. The maximum Gasteiger partial charge on any atom is 0.339 e. The number of carboxylic acids is 1. The Labute approximate surface area is 115 Å². The molecule has 0 heterocycles. The highest BCUT2D eigenvalue weighted by molar-refractivity contribution is 8.08. The van der Waals surface area contributed by atoms with E-state index < -0.39 is 36.5 Å². The number of sulfone groups is 1. The van der Waals surface area contributed by atoms with Crippen molar-refractivity contribution in [1.29, 1.82) is 0 Å². The van der Waals surface area contributed by atoms with Crippen molar-refractivity contribution in [2.45, 2.75) is 0 Å². The zero-order chi connectivity index (χ0) is 14.8. The van der Waals surface area contributed by atoms with E-state index in [1.165, 1.54) is 18.2 Å². The van der Waals surface area contributed by atoms with Gasteiger partial charge in [0.2, 0.25) is 10.0 Å². The van der Waals surface area contributed by atoms with Gasteiger partial charge in [-0.1, -0.05) is 17.7 Å². The second-order valence-corrected chi connectivity index (χ2v) is 8.36. The summed E-state index contributed by atoms with van der Waals surface area (Å²) in [4.78, 5) is 11.0. The fraction of sp³-hybridized carbons (Fsp3) is 0.222. The lowest BCUT2D eigenvalue weighted by Gasteiger charge is -2.10. The number of nitrogens with one attached hydrogen (secondary N) is 1. The molecule has 0 aliphatic heterocycles. The Hall–Kier alpha value is -1.32. The van der Waals surface area contributed by atoms with Crippen LogP contribution in [0.1, 0.15) is 10.4 Å². The van der Waals surface area contributed by atoms with E-state index in [2.05, 4.69) is 0 Å². The van der Waals surface area contributed by atoms with Crippen molar-refractivity contribution in [2.24, 2.45) is 0 Å². The predicted octanol–water partition coefficient (Wildman–Crippen LogP) is 0.782. The summed E-state index contributed by atoms with van der Waals surface area (Å²) in [5, 5.41) is 7.63. The standard InChI is InChI=1S/C9H10ClNO6S2/c1-18(14,15)5-19(16,17)11-7-4-2-3-6(10)8(7)9(12)13/h2-4,11H,5H2,1H3,(H,12,13). The van der Waals surface area contributed by atoms with Crippen LogP contribution in [0.4, 0.5) is 5.69 Å². The van der Waals surface area contributed by atoms with E-state index in [0.29, 0.717) is 0 Å². The molecule has 1 aromatic rings. The van der Waals surface area contributed by atoms with E-state index in [-0.39, 0.29) is 10.7 Å². The smallest absolute Gasteiger partial charge is 0.339 e. The first kappa shape index (κ1) is 15.7. The van der Waals surface area contributed by atoms with Crippen LogP contribution >= 0.6 is 11.6 Å². The molecule has 0 saturated carbocycles. The van der Waals surface area contributed by atoms with Crippen LogP contribution < -0.4 is 4.72 Å². The number of rotatable bonds is 5. The number of anilines is 1. The molecule has 0 aromatic heterocycles. The number of sulfonamides is 1. The molecule has 0 aliphatic carbocycles. The summed E-state index contributed by atoms with van der Waals surface area (Å²) in [6, 6.07) is 3.79. The van der Waals surface area contributed by atoms with Gasteiger partial charge in [-0.25, -0.2) is 21.6 Å². The zero-order valence-corrected chi connectivity index (χ0v) is 12.0. The van der Waals surface area contributed by atoms with Crippen LogP contribution in [0.15, 0.2) is 18.2 Å². The van der Waals surface area contributed by atoms with Gasteiger partial charge in [0.25, 0.3) is 0 Å². The molecule has 0 amide bonds. The average molecular weight is 328 g/mol. The first-order chi connectivity index (χ1) is 8.52. The topological polar surface area (TPSA) is 118 Å². The van der Waals surface area contributed by atoms with Crippen molar-refractivity contribution >= 4 is 43.1 Å². The van der Waals surface area contributed by atoms with Crippen LogP contribution in [0, 0.1) is 0 Å². The third kappa shape index (κ3) is 4.69. The monoisotopic (exact) mass is 327 g/mol. The fourth-order valence-corrected chi connectivity index (χ4v) is 4.56. The molecule has 10 heteroatoms. The predicted molar refractivity (Wildman–Crippen MR) is 70.7 cm³/mol. The van der Waals surface area contributed by atoms with Crippen molar-refractivity contribution in [3.8, 4) is 0 Å². The molecule has 0 radical (unpaired) electrons. The van der Waals surface area contributed by atoms with E-state index in [9.17, 15) is 21.6 Å². The molecule has 0 spiro atoms. The molecule has 7 nitrogen and oxygen atoms in total. The first-order valence-corrected chi connectivity index (χ1v) is 8.81. The average Bonchev–Trinajstić information content (AvgIpc) is 2.11. The van der Waals surface area contributed by atoms with Gasteiger partial charge in [-0.05, 0) is 12.1 Å². The van der Waals surface area contributed by atoms with Crippen LogP contribution in [-0.4, -0.2) is 39.3 Å². The molecule has 0 unspecified atom stereocenters. The number of hydrogen-bond donors (Lipinski definition) is 2. The molecule has 1 rings (SSSR count). The lowest BCUT2D eigenvalue weighted by molar-refractivity contribution is 0.0698. The highest BCUT2D eigenvalue weighted by Crippen LogP contribution is 2.25. The molecule has 0 fully saturated rings. The number of carbonyl (C=O) groups is 1. The Morgan fingerprint density at radius 2 is 1.89 bits per heavy atom. The number of benzene rings is 1. The molecule has 1 aromatic carbocycles. The first-order valence-electron chi connectivity index (χ1n) is 4.72. The van der Waals surface area contributed by atoms with Gasteiger partial charge in [-0.15, -0.1) is 0 Å². The minimum atomic E-state index is -4.23. The minimum Gasteiger partial charge on any atom is -0.478 e. The molecule has 0 atom stereocenters. The van der Waals surface area contributed by atoms with E-state index >= 15 is 0 Å². The minimum absolute atomic E-state index is 0.160. The van der Waals surface area contributed by atoms with Crippen LogP contribution in [0.3, 0.4) is 0 Å². The summed E-state index contributed by atoms with van der Waals surface area (Å²) < 4.78 is 47.0. The Morgan fingerprint density at radius 1 is 1.32 bits per heavy atom. The van der Waals surface area contributed by atoms with Crippen molar-refractivity contribution in [2.75, 3.05) is 16.1 Å². The van der Waals surface area contributed by atoms with Crippen LogP contribution in [0.25, 0.3) is 0 Å². The summed E-state index contributed by atoms with van der Waals surface area (Å²) in [5.41, 5.74) is -0.732. The Bertz CT molecular complexity index is 710. The normalized spacial score (nSPS) is 12.1. The number of halogens is 1. The maximum atomic E-state index is 11.6. The lowest BCUT2D eigenvalue weighted by atomic mass is 10.2. The molecule has 19 heavy (non-hydrogen) atoms. The van der Waals surface area contributed by atoms with E-state index in [1.807, 2.05) is 4.72 Å². The van der Waals surface area contributed by atoms with Gasteiger partial charge in [0, 0.05) is 6.26 Å². The van der Waals surface area contributed by atoms with Gasteiger partial charge in [-0.2, -0.15) is 0 Å². The lowest BCUT2D eigenvalue weighted by Crippen LogP contribution is -2.23. The van der Waals surface area contributed by atoms with Crippen LogP contribution in [-0.2, 0) is 19.9 Å². The molecule has 0 bridgehead atoms. The zero-order valence-electron chi connectivity index (χ0n) is 9.62. The summed E-state index contributed by atoms with van der Waals surface area (Å²) in [6.45, 7) is 0. The fourth-order valence-electron chi connectivity index (χ4n) is 1.31. The highest BCUT2D eigenvalue weighted by atomic mass is 35.5. The van der Waals surface area contributed by atoms with E-state index in [4.69, 9.17) is 16.7 Å². The second-order valence-electron chi connectivity index (χ2n) is 3.73. The molecule has 0 saturated heterocycles. The summed E-state index contributed by atoms with van der Waals surface area (Å²) in [5.74, 6) is -1.43. The third-order valence-electron chi connectivity index (χ3n) is 1.86. The van der Waals surface area contributed by atoms with Crippen LogP contribution in [0.2, 0.25) is 5.02 Å². The Balaban J connectivity index is 3.21. The molecule has 106 valence electrons. The van der Waals surface area contributed by atoms with Crippen LogP contribution in [0.5, 0.6) is 0 Å². The number of aromatic carboxylic acids is 1. The Kier molecular flexibility index (Phi) is 4.43. The van der Waals surface area contributed by atoms with Crippen molar-refractivity contribution in [3.63, 3.8) is 0 Å². The summed E-state index contributed by atoms with van der Waals surface area (Å²) >= 11 is 5.65. The molecule has 0 aliphatic rings. The SMILES string of the molecule is CS(=O)(=O)CS(=O)(=O)Nc1cccc(Cl)c1C(=O)O. The second kappa shape index (κ2) is 5.35. The van der Waals surface area contributed by atoms with Crippen molar-refractivity contribution in [3.05, 3.63) is 28.8 Å². The van der Waals surface area contributed by atoms with Gasteiger partial charge < -0.3 is 5.11 Å². The van der Waals surface area contributed by atoms with E-state index in [0.717, 1.165) is 6.26 Å². The van der Waals surface area contributed by atoms with Gasteiger partial charge in [0.05, 0.1) is 10.7 Å². The highest BCUT2D eigenvalue weighted by Gasteiger charge is 2.22. The quantitative estimate of drug-likeness (QED) is 0.825. The summed E-state index contributed by atoms with van der Waals surface area (Å²) in [7, 11) is -8.00. The van der Waals surface area contributed by atoms with Crippen molar-refractivity contribution < 1.29 is 26.7 Å². The summed E-state index contributed by atoms with van der Waals surface area (Å²) in [6.07, 6.45) is 0.752. The molecular weight excluding hydrogens is 318 g/mol. The third-order valence-corrected chi connectivity index (χ3v) is 5.66. The van der Waals surface area contributed by atoms with Gasteiger partial charge in [0.1, 0.15) is 5.56 Å². The molecular formula is C9H10ClNO6S2.